The maximum absolute atomic E-state index is 13.1. The minimum absolute atomic E-state index is 0.196. The van der Waals surface area contributed by atoms with Crippen LogP contribution in [0.25, 0.3) is 22.1 Å². The van der Waals surface area contributed by atoms with Crippen LogP contribution >= 0.6 is 0 Å². The Hall–Kier alpha value is -3.48. The van der Waals surface area contributed by atoms with E-state index in [4.69, 9.17) is 23.4 Å². The number of aliphatic hydroxyl groups is 3. The fraction of sp³-hybridized carbons (Fsp3) is 0.448. The van der Waals surface area contributed by atoms with Gasteiger partial charge in [-0.15, -0.1) is 0 Å². The molecule has 40 heavy (non-hydrogen) atoms. The van der Waals surface area contributed by atoms with Crippen LogP contribution in [0.1, 0.15) is 19.3 Å². The number of carbonyl (C=O) groups excluding carboxylic acids is 1. The van der Waals surface area contributed by atoms with Gasteiger partial charge in [-0.2, -0.15) is 0 Å². The van der Waals surface area contributed by atoms with Crippen molar-refractivity contribution in [2.75, 3.05) is 26.8 Å². The summed E-state index contributed by atoms with van der Waals surface area (Å²) in [5.74, 6) is 0.675. The molecule has 0 aliphatic carbocycles. The number of aliphatic hydroxyl groups excluding tert-OH is 3. The predicted molar refractivity (Wildman–Crippen MR) is 143 cm³/mol. The fourth-order valence-corrected chi connectivity index (χ4v) is 4.99. The average Bonchev–Trinajstić information content (AvgIpc) is 2.97. The van der Waals surface area contributed by atoms with Crippen LogP contribution in [0.5, 0.6) is 11.5 Å². The van der Waals surface area contributed by atoms with Gasteiger partial charge in [0.1, 0.15) is 54.4 Å². The number of methoxy groups -OCH3 is 1. The van der Waals surface area contributed by atoms with Crippen LogP contribution in [0.3, 0.4) is 0 Å². The Morgan fingerprint density at radius 3 is 2.45 bits per heavy atom. The molecule has 0 saturated carbocycles. The van der Waals surface area contributed by atoms with E-state index in [1.807, 2.05) is 0 Å². The molecule has 3 heterocycles. The molecule has 5 unspecified atom stereocenters. The van der Waals surface area contributed by atoms with Crippen molar-refractivity contribution in [3.05, 3.63) is 59.0 Å². The molecule has 11 nitrogen and oxygen atoms in total. The van der Waals surface area contributed by atoms with Crippen molar-refractivity contribution in [2.24, 2.45) is 5.92 Å². The molecule has 0 spiro atoms. The van der Waals surface area contributed by atoms with E-state index in [1.165, 1.54) is 24.5 Å². The van der Waals surface area contributed by atoms with Crippen LogP contribution in [0.2, 0.25) is 0 Å². The highest BCUT2D eigenvalue weighted by atomic mass is 16.7. The van der Waals surface area contributed by atoms with Gasteiger partial charge in [-0.05, 0) is 61.7 Å². The maximum Gasteiger partial charge on any atom is 0.306 e. The number of piperidine rings is 1. The molecule has 0 bridgehead atoms. The SMILES string of the molecule is COc1ccc(-c2coc3cc(OC4OC(COC(=O)CC5CCNCC5)C(O)C(O)C4O)ccc3c2=O)cc1. The van der Waals surface area contributed by atoms with E-state index < -0.39 is 36.7 Å². The van der Waals surface area contributed by atoms with Crippen molar-refractivity contribution in [3.63, 3.8) is 0 Å². The number of esters is 1. The zero-order valence-electron chi connectivity index (χ0n) is 22.0. The summed E-state index contributed by atoms with van der Waals surface area (Å²) in [6.07, 6.45) is -3.80. The summed E-state index contributed by atoms with van der Waals surface area (Å²) in [5, 5.41) is 34.8. The standard InChI is InChI=1S/C29H33NO10/c1-36-18-4-2-17(3-5-18)21-14-37-22-13-19(6-7-20(22)25(21)32)39-29-28(35)27(34)26(33)23(40-29)15-38-24(31)12-16-8-10-30-11-9-16/h2-7,13-14,16,23,26-30,33-35H,8-12,15H2,1H3. The molecule has 2 fully saturated rings. The lowest BCUT2D eigenvalue weighted by Gasteiger charge is -2.39. The van der Waals surface area contributed by atoms with E-state index in [9.17, 15) is 24.9 Å². The molecule has 3 aromatic rings. The second-order valence-electron chi connectivity index (χ2n) is 10.1. The number of fused-ring (bicyclic) bond motifs is 1. The summed E-state index contributed by atoms with van der Waals surface area (Å²) in [7, 11) is 1.56. The van der Waals surface area contributed by atoms with E-state index in [1.54, 1.807) is 31.4 Å². The Morgan fingerprint density at radius 2 is 1.73 bits per heavy atom. The van der Waals surface area contributed by atoms with Crippen LogP contribution < -0.4 is 20.2 Å². The van der Waals surface area contributed by atoms with Crippen LogP contribution in [0.15, 0.2) is 57.9 Å². The third-order valence-corrected chi connectivity index (χ3v) is 7.39. The van der Waals surface area contributed by atoms with Crippen LogP contribution in [0, 0.1) is 5.92 Å². The Bertz CT molecular complexity index is 1370. The highest BCUT2D eigenvalue weighted by Gasteiger charge is 2.45. The number of benzene rings is 2. The highest BCUT2D eigenvalue weighted by molar-refractivity contribution is 5.82. The van der Waals surface area contributed by atoms with Crippen molar-refractivity contribution in [3.8, 4) is 22.6 Å². The van der Waals surface area contributed by atoms with Gasteiger partial charge in [0.05, 0.1) is 18.1 Å². The van der Waals surface area contributed by atoms with E-state index in [0.29, 0.717) is 22.3 Å². The second kappa shape index (κ2) is 12.4. The Kier molecular flexibility index (Phi) is 8.67. The largest absolute Gasteiger partial charge is 0.497 e. The summed E-state index contributed by atoms with van der Waals surface area (Å²) in [6.45, 7) is 1.40. The third-order valence-electron chi connectivity index (χ3n) is 7.39. The van der Waals surface area contributed by atoms with Gasteiger partial charge in [0, 0.05) is 12.5 Å². The van der Waals surface area contributed by atoms with Gasteiger partial charge in [0.15, 0.2) is 5.43 Å². The van der Waals surface area contributed by atoms with Gasteiger partial charge in [0.2, 0.25) is 6.29 Å². The molecule has 1 aromatic heterocycles. The quantitative estimate of drug-likeness (QED) is 0.299. The first-order valence-electron chi connectivity index (χ1n) is 13.3. The van der Waals surface area contributed by atoms with E-state index >= 15 is 0 Å². The molecule has 2 aliphatic rings. The topological polar surface area (TPSA) is 157 Å². The molecule has 5 atom stereocenters. The monoisotopic (exact) mass is 555 g/mol. The molecule has 11 heteroatoms. The van der Waals surface area contributed by atoms with E-state index in [-0.39, 0.29) is 35.7 Å². The highest BCUT2D eigenvalue weighted by Crippen LogP contribution is 2.28. The van der Waals surface area contributed by atoms with Gasteiger partial charge in [-0.3, -0.25) is 9.59 Å². The minimum Gasteiger partial charge on any atom is -0.497 e. The molecule has 4 N–H and O–H groups in total. The van der Waals surface area contributed by atoms with E-state index in [0.717, 1.165) is 25.9 Å². The first-order valence-corrected chi connectivity index (χ1v) is 13.3. The Morgan fingerprint density at radius 1 is 1.00 bits per heavy atom. The first-order chi connectivity index (χ1) is 19.3. The molecule has 2 aliphatic heterocycles. The normalized spacial score (nSPS) is 25.4. The van der Waals surface area contributed by atoms with Crippen LogP contribution in [-0.4, -0.2) is 78.8 Å². The number of hydrogen-bond donors (Lipinski definition) is 4. The van der Waals surface area contributed by atoms with Gasteiger partial charge >= 0.3 is 5.97 Å². The average molecular weight is 556 g/mol. The molecule has 0 radical (unpaired) electrons. The van der Waals surface area contributed by atoms with Gasteiger partial charge < -0.3 is 44.0 Å². The Labute approximate surface area is 230 Å². The summed E-state index contributed by atoms with van der Waals surface area (Å²) in [5.41, 5.74) is 1.06. The van der Waals surface area contributed by atoms with Crippen molar-refractivity contribution in [1.82, 2.24) is 5.32 Å². The maximum atomic E-state index is 13.1. The molecular formula is C29H33NO10. The molecule has 0 amide bonds. The fourth-order valence-electron chi connectivity index (χ4n) is 4.99. The number of nitrogens with one attached hydrogen (secondary N) is 1. The molecule has 214 valence electrons. The smallest absolute Gasteiger partial charge is 0.306 e. The van der Waals surface area contributed by atoms with E-state index in [2.05, 4.69) is 5.32 Å². The Balaban J connectivity index is 1.26. The number of hydrogen-bond acceptors (Lipinski definition) is 11. The van der Waals surface area contributed by atoms with Gasteiger partial charge in [-0.25, -0.2) is 0 Å². The first kappa shape index (κ1) is 28.1. The molecule has 2 aromatic carbocycles. The lowest BCUT2D eigenvalue weighted by Crippen LogP contribution is -2.60. The van der Waals surface area contributed by atoms with Crippen LogP contribution in [0.4, 0.5) is 0 Å². The molecule has 5 rings (SSSR count). The summed E-state index contributed by atoms with van der Waals surface area (Å²) >= 11 is 0. The zero-order chi connectivity index (χ0) is 28.2. The zero-order valence-corrected chi connectivity index (χ0v) is 22.0. The summed E-state index contributed by atoms with van der Waals surface area (Å²) in [4.78, 5) is 25.4. The number of rotatable bonds is 8. The van der Waals surface area contributed by atoms with Crippen LogP contribution in [-0.2, 0) is 14.3 Å². The molecular weight excluding hydrogens is 522 g/mol. The van der Waals surface area contributed by atoms with Crippen molar-refractivity contribution in [1.29, 1.82) is 0 Å². The number of carbonyl (C=O) groups is 1. The lowest BCUT2D eigenvalue weighted by molar-refractivity contribution is -0.278. The van der Waals surface area contributed by atoms with Gasteiger partial charge in [0.25, 0.3) is 0 Å². The summed E-state index contributed by atoms with van der Waals surface area (Å²) in [6, 6.07) is 11.5. The lowest BCUT2D eigenvalue weighted by atomic mass is 9.95. The third kappa shape index (κ3) is 6.13. The number of ether oxygens (including phenoxy) is 4. The van der Waals surface area contributed by atoms with Crippen molar-refractivity contribution >= 4 is 16.9 Å². The second-order valence-corrected chi connectivity index (χ2v) is 10.1. The van der Waals surface area contributed by atoms with Gasteiger partial charge in [-0.1, -0.05) is 12.1 Å². The summed E-state index contributed by atoms with van der Waals surface area (Å²) < 4.78 is 27.6. The van der Waals surface area contributed by atoms with Crippen molar-refractivity contribution < 1.29 is 43.5 Å². The minimum atomic E-state index is -1.60. The van der Waals surface area contributed by atoms with Crippen molar-refractivity contribution in [2.45, 2.75) is 50.0 Å². The predicted octanol–water partition coefficient (Wildman–Crippen LogP) is 1.59. The molecule has 2 saturated heterocycles.